The van der Waals surface area contributed by atoms with Gasteiger partial charge in [-0.25, -0.2) is 4.39 Å². The number of hydrogen-bond donors (Lipinski definition) is 3. The zero-order chi connectivity index (χ0) is 48.4. The van der Waals surface area contributed by atoms with Gasteiger partial charge in [0.05, 0.1) is 34.8 Å². The van der Waals surface area contributed by atoms with Crippen LogP contribution in [0.25, 0.3) is 0 Å². The molecule has 4 unspecified atom stereocenters. The predicted molar refractivity (Wildman–Crippen MR) is 249 cm³/mol. The fourth-order valence-corrected chi connectivity index (χ4v) is 10.5. The van der Waals surface area contributed by atoms with Crippen molar-refractivity contribution in [2.45, 2.75) is 110 Å². The third-order valence-corrected chi connectivity index (χ3v) is 13.9. The van der Waals surface area contributed by atoms with Crippen molar-refractivity contribution in [1.29, 1.82) is 5.26 Å². The number of likely N-dealkylation sites (tertiary alicyclic amines) is 2. The number of ether oxygens (including phenoxy) is 1. The Bertz CT molecular complexity index is 2570. The lowest BCUT2D eigenvalue weighted by Gasteiger charge is -2.63. The lowest BCUT2D eigenvalue weighted by molar-refractivity contribution is -0.164. The number of β-amino-alcohol motifs (C(OH)–C–C–N with tert-alkyl or cyclic N) is 1. The molecule has 3 N–H and O–H groups in total. The van der Waals surface area contributed by atoms with Crippen LogP contribution in [0.4, 0.5) is 4.39 Å². The Hall–Kier alpha value is -6.22. The van der Waals surface area contributed by atoms with E-state index in [2.05, 4.69) is 61.4 Å². The number of nitriles is 1. The van der Waals surface area contributed by atoms with Gasteiger partial charge < -0.3 is 34.8 Å². The summed E-state index contributed by atoms with van der Waals surface area (Å²) in [5, 5.41) is 30.4. The van der Waals surface area contributed by atoms with Crippen molar-refractivity contribution in [3.63, 3.8) is 0 Å². The quantitative estimate of drug-likeness (QED) is 0.121. The van der Waals surface area contributed by atoms with Gasteiger partial charge in [0.15, 0.2) is 0 Å². The highest BCUT2D eigenvalue weighted by Gasteiger charge is 2.64. The summed E-state index contributed by atoms with van der Waals surface area (Å²) in [6.45, 7) is 14.6. The van der Waals surface area contributed by atoms with Crippen molar-refractivity contribution in [2.75, 3.05) is 19.6 Å². The summed E-state index contributed by atoms with van der Waals surface area (Å²) in [4.78, 5) is 58.5. The molecule has 1 saturated carbocycles. The van der Waals surface area contributed by atoms with E-state index in [9.17, 15) is 33.9 Å². The number of halogens is 2. The van der Waals surface area contributed by atoms with Gasteiger partial charge in [-0.05, 0) is 79.8 Å². The van der Waals surface area contributed by atoms with Crippen LogP contribution in [-0.2, 0) is 14.4 Å². The maximum atomic E-state index is 14.0. The molecular weight excluding hydrogens is 875 g/mol. The molecule has 4 amide bonds. The molecule has 4 aromatic rings. The second-order valence-corrected chi connectivity index (χ2v) is 20.0. The van der Waals surface area contributed by atoms with Crippen molar-refractivity contribution < 1.29 is 37.9 Å². The third kappa shape index (κ3) is 10.7. The van der Waals surface area contributed by atoms with Crippen LogP contribution in [-0.4, -0.2) is 87.6 Å². The van der Waals surface area contributed by atoms with Crippen molar-refractivity contribution in [2.24, 2.45) is 22.7 Å². The first-order valence-corrected chi connectivity index (χ1v) is 23.2. The number of aliphatic hydroxyl groups is 1. The Balaban J connectivity index is 0.930. The van der Waals surface area contributed by atoms with E-state index < -0.39 is 46.7 Å². The van der Waals surface area contributed by atoms with Gasteiger partial charge in [0.1, 0.15) is 41.5 Å². The number of amides is 4. The van der Waals surface area contributed by atoms with Gasteiger partial charge in [-0.1, -0.05) is 82.3 Å². The first-order valence-electron chi connectivity index (χ1n) is 22.8. The number of nitrogens with zero attached hydrogens (tertiary/aromatic N) is 4. The summed E-state index contributed by atoms with van der Waals surface area (Å²) in [5.41, 5.74) is 1.97. The molecule has 2 saturated heterocycles. The molecule has 3 aliphatic rings. The van der Waals surface area contributed by atoms with Crippen LogP contribution in [0.1, 0.15) is 118 Å². The molecule has 2 aliphatic heterocycles. The molecule has 7 rings (SSSR count). The molecule has 1 aliphatic carbocycles. The van der Waals surface area contributed by atoms with E-state index >= 15 is 0 Å². The zero-order valence-corrected chi connectivity index (χ0v) is 39.7. The molecule has 3 fully saturated rings. The summed E-state index contributed by atoms with van der Waals surface area (Å²) >= 11 is 6.25. The number of aryl methyl sites for hydroxylation is 1. The molecule has 3 heterocycles. The van der Waals surface area contributed by atoms with Gasteiger partial charge in [0, 0.05) is 72.1 Å². The number of aromatic nitrogens is 1. The normalized spacial score (nSPS) is 21.8. The first-order chi connectivity index (χ1) is 31.8. The predicted octanol–water partition coefficient (Wildman–Crippen LogP) is 7.50. The van der Waals surface area contributed by atoms with Crippen LogP contribution >= 0.6 is 11.6 Å². The van der Waals surface area contributed by atoms with Crippen molar-refractivity contribution in [3.8, 4) is 23.7 Å². The smallest absolute Gasteiger partial charge is 0.251 e. The van der Waals surface area contributed by atoms with Gasteiger partial charge in [-0.3, -0.25) is 19.2 Å². The Morgan fingerprint density at radius 2 is 1.67 bits per heavy atom. The number of aliphatic hydroxyl groups excluding tert-OH is 1. The summed E-state index contributed by atoms with van der Waals surface area (Å²) < 4.78 is 25.9. The number of rotatable bonds is 12. The fraction of sp³-hybridized carbons (Fsp3) is 0.462. The molecule has 15 heteroatoms. The summed E-state index contributed by atoms with van der Waals surface area (Å²) in [6, 6.07) is 19.5. The number of piperidine rings is 1. The number of benzene rings is 3. The maximum Gasteiger partial charge on any atom is 0.251 e. The Morgan fingerprint density at radius 3 is 2.27 bits per heavy atom. The van der Waals surface area contributed by atoms with E-state index in [4.69, 9.17) is 20.9 Å². The van der Waals surface area contributed by atoms with Crippen molar-refractivity contribution in [3.05, 3.63) is 117 Å². The molecule has 0 radical (unpaired) electrons. The molecule has 352 valence electrons. The second-order valence-electron chi connectivity index (χ2n) is 19.6. The standard InChI is InChI=1S/C52H58ClFN6O7/c1-30(2)45(43-24-31(3)58-67-43)48(65)60-29-38(61)25-42(60)47(64)56-41(34-14-17-37(54)18-15-34)27-44(62)59-22-20-33(21-23-59)9-8-32-10-12-35(13-11-32)46(63)57-49-51(4,5)50(52(49,6)7)66-39-19-16-36(28-55)40(53)26-39/h10-19,24,26,30,33,38,41-42,45,49-50,61H,20-23,25,27,29H2,1-7H3,(H,56,64)(H,57,63). The van der Waals surface area contributed by atoms with Crippen molar-refractivity contribution >= 4 is 35.2 Å². The molecule has 13 nitrogen and oxygen atoms in total. The fourth-order valence-electron chi connectivity index (χ4n) is 10.2. The minimum absolute atomic E-state index is 0.0183. The Labute approximate surface area is 396 Å². The minimum atomic E-state index is -1.00. The van der Waals surface area contributed by atoms with Gasteiger partial charge in [0.2, 0.25) is 17.7 Å². The van der Waals surface area contributed by atoms with E-state index in [-0.39, 0.29) is 61.1 Å². The summed E-state index contributed by atoms with van der Waals surface area (Å²) in [5.74, 6) is 4.91. The zero-order valence-electron chi connectivity index (χ0n) is 38.9. The van der Waals surface area contributed by atoms with Crippen LogP contribution in [0.2, 0.25) is 5.02 Å². The molecule has 67 heavy (non-hydrogen) atoms. The van der Waals surface area contributed by atoms with E-state index in [1.165, 1.54) is 29.2 Å². The van der Waals surface area contributed by atoms with Gasteiger partial charge in [-0.2, -0.15) is 5.26 Å². The average Bonchev–Trinajstić information content (AvgIpc) is 3.91. The number of hydrogen-bond acceptors (Lipinski definition) is 9. The highest BCUT2D eigenvalue weighted by atomic mass is 35.5. The minimum Gasteiger partial charge on any atom is -0.489 e. The highest BCUT2D eigenvalue weighted by Crippen LogP contribution is 2.55. The molecule has 0 bridgehead atoms. The average molecular weight is 934 g/mol. The van der Waals surface area contributed by atoms with E-state index in [1.807, 2.05) is 26.0 Å². The summed E-state index contributed by atoms with van der Waals surface area (Å²) in [7, 11) is 0. The molecule has 1 aromatic heterocycles. The molecule has 0 spiro atoms. The maximum absolute atomic E-state index is 14.0. The van der Waals surface area contributed by atoms with Crippen molar-refractivity contribution in [1.82, 2.24) is 25.6 Å². The number of nitrogens with one attached hydrogen (secondary N) is 2. The first kappa shape index (κ1) is 48.7. The highest BCUT2D eigenvalue weighted by molar-refractivity contribution is 6.31. The lowest BCUT2D eigenvalue weighted by atomic mass is 9.49. The molecule has 4 atom stereocenters. The third-order valence-electron chi connectivity index (χ3n) is 13.6. The van der Waals surface area contributed by atoms with Crippen LogP contribution < -0.4 is 15.4 Å². The molecule has 3 aromatic carbocycles. The Morgan fingerprint density at radius 1 is 1.00 bits per heavy atom. The van der Waals surface area contributed by atoms with Gasteiger partial charge in [0.25, 0.3) is 5.91 Å². The van der Waals surface area contributed by atoms with Crippen LogP contribution in [0, 0.1) is 58.6 Å². The number of carbonyl (C=O) groups excluding carboxylic acids is 4. The topological polar surface area (TPSA) is 178 Å². The van der Waals surface area contributed by atoms with Gasteiger partial charge >= 0.3 is 0 Å². The second kappa shape index (κ2) is 19.9. The molecular formula is C52H58ClFN6O7. The Kier molecular flexibility index (Phi) is 14.5. The lowest BCUT2D eigenvalue weighted by Crippen LogP contribution is -2.74. The SMILES string of the molecule is Cc1cc(C(C(=O)N2CC(O)CC2C(=O)NC(CC(=O)N2CCC(C#Cc3ccc(C(=O)NC4C(C)(C)C(Oc5ccc(C#N)c(Cl)c5)C4(C)C)cc3)CC2)c2ccc(F)cc2)C(C)C)on1. The van der Waals surface area contributed by atoms with Crippen LogP contribution in [0.15, 0.2) is 77.3 Å². The monoisotopic (exact) mass is 932 g/mol. The van der Waals surface area contributed by atoms with E-state index in [0.717, 1.165) is 5.56 Å². The van der Waals surface area contributed by atoms with Gasteiger partial charge in [-0.15, -0.1) is 0 Å². The largest absolute Gasteiger partial charge is 0.489 e. The summed E-state index contributed by atoms with van der Waals surface area (Å²) in [6.07, 6.45) is 0.0455. The van der Waals surface area contributed by atoms with Crippen LogP contribution in [0.3, 0.4) is 0 Å². The van der Waals surface area contributed by atoms with E-state index in [0.29, 0.717) is 64.8 Å². The van der Waals surface area contributed by atoms with E-state index in [1.54, 1.807) is 48.2 Å². The number of carbonyl (C=O) groups is 4. The van der Waals surface area contributed by atoms with Crippen LogP contribution in [0.5, 0.6) is 5.75 Å².